The van der Waals surface area contributed by atoms with Crippen LogP contribution in [0.1, 0.15) is 19.8 Å². The highest BCUT2D eigenvalue weighted by Gasteiger charge is 2.27. The van der Waals surface area contributed by atoms with Gasteiger partial charge < -0.3 is 5.11 Å². The van der Waals surface area contributed by atoms with Crippen LogP contribution in [-0.2, 0) is 9.59 Å². The molecule has 1 atom stereocenters. The zero-order chi connectivity index (χ0) is 11.3. The minimum absolute atomic E-state index is 0.0455. The standard InChI is InChI=1S/C10H17NO3S/c1-8(6-12)7-15-5-4-11-9(13)2-3-10(11)14/h8,12H,2-7H2,1H3. The summed E-state index contributed by atoms with van der Waals surface area (Å²) < 4.78 is 0. The molecule has 1 rings (SSSR count). The van der Waals surface area contributed by atoms with Gasteiger partial charge in [-0.1, -0.05) is 6.92 Å². The van der Waals surface area contributed by atoms with Crippen molar-refractivity contribution in [1.82, 2.24) is 4.90 Å². The third kappa shape index (κ3) is 3.83. The Hall–Kier alpha value is -0.550. The summed E-state index contributed by atoms with van der Waals surface area (Å²) in [5.41, 5.74) is 0. The van der Waals surface area contributed by atoms with Crippen LogP contribution in [0.2, 0.25) is 0 Å². The zero-order valence-corrected chi connectivity index (χ0v) is 9.76. The molecule has 1 aliphatic rings. The summed E-state index contributed by atoms with van der Waals surface area (Å²) in [4.78, 5) is 23.8. The first kappa shape index (κ1) is 12.5. The molecule has 0 spiro atoms. The lowest BCUT2D eigenvalue weighted by Crippen LogP contribution is -2.31. The average Bonchev–Trinajstić information content (AvgIpc) is 2.54. The van der Waals surface area contributed by atoms with Gasteiger partial charge in [-0.2, -0.15) is 11.8 Å². The van der Waals surface area contributed by atoms with E-state index in [-0.39, 0.29) is 24.3 Å². The maximum atomic E-state index is 11.2. The van der Waals surface area contributed by atoms with Gasteiger partial charge in [-0.15, -0.1) is 0 Å². The van der Waals surface area contributed by atoms with E-state index < -0.39 is 0 Å². The third-order valence-electron chi connectivity index (χ3n) is 2.33. The quantitative estimate of drug-likeness (QED) is 0.534. The molecule has 0 aromatic rings. The second-order valence-corrected chi connectivity index (χ2v) is 4.95. The van der Waals surface area contributed by atoms with Gasteiger partial charge in [-0.25, -0.2) is 0 Å². The van der Waals surface area contributed by atoms with Crippen molar-refractivity contribution in [1.29, 1.82) is 0 Å². The Morgan fingerprint density at radius 2 is 2.00 bits per heavy atom. The van der Waals surface area contributed by atoms with E-state index in [0.717, 1.165) is 11.5 Å². The van der Waals surface area contributed by atoms with Crippen LogP contribution in [0.25, 0.3) is 0 Å². The van der Waals surface area contributed by atoms with Gasteiger partial charge in [0.25, 0.3) is 0 Å². The van der Waals surface area contributed by atoms with Crippen molar-refractivity contribution in [2.24, 2.45) is 5.92 Å². The molecule has 5 heteroatoms. The Balaban J connectivity index is 2.14. The molecule has 1 unspecified atom stereocenters. The number of aliphatic hydroxyl groups excluding tert-OH is 1. The fourth-order valence-corrected chi connectivity index (χ4v) is 2.35. The van der Waals surface area contributed by atoms with Crippen LogP contribution in [-0.4, -0.2) is 46.5 Å². The van der Waals surface area contributed by atoms with Gasteiger partial charge in [0.1, 0.15) is 0 Å². The Morgan fingerprint density at radius 3 is 2.53 bits per heavy atom. The molecule has 0 aromatic heterocycles. The lowest BCUT2D eigenvalue weighted by Gasteiger charge is -2.13. The Bertz CT molecular complexity index is 229. The van der Waals surface area contributed by atoms with Crippen molar-refractivity contribution in [3.05, 3.63) is 0 Å². The number of amides is 2. The number of aliphatic hydroxyl groups is 1. The van der Waals surface area contributed by atoms with Crippen LogP contribution in [0.15, 0.2) is 0 Å². The number of thioether (sulfide) groups is 1. The summed E-state index contributed by atoms with van der Waals surface area (Å²) in [6.45, 7) is 2.67. The molecule has 1 fully saturated rings. The van der Waals surface area contributed by atoms with Crippen molar-refractivity contribution in [3.8, 4) is 0 Å². The van der Waals surface area contributed by atoms with Crippen molar-refractivity contribution in [2.45, 2.75) is 19.8 Å². The van der Waals surface area contributed by atoms with Crippen LogP contribution in [0.3, 0.4) is 0 Å². The van der Waals surface area contributed by atoms with E-state index in [2.05, 4.69) is 0 Å². The number of imide groups is 1. The number of rotatable bonds is 6. The summed E-state index contributed by atoms with van der Waals surface area (Å²) in [5.74, 6) is 1.82. The molecule has 15 heavy (non-hydrogen) atoms. The van der Waals surface area contributed by atoms with Gasteiger partial charge in [0.05, 0.1) is 0 Å². The van der Waals surface area contributed by atoms with Crippen LogP contribution < -0.4 is 0 Å². The Kier molecular flexibility index (Phi) is 5.11. The summed E-state index contributed by atoms with van der Waals surface area (Å²) in [6, 6.07) is 0. The summed E-state index contributed by atoms with van der Waals surface area (Å²) in [6.07, 6.45) is 0.743. The number of nitrogens with zero attached hydrogens (tertiary/aromatic N) is 1. The fraction of sp³-hybridized carbons (Fsp3) is 0.800. The van der Waals surface area contributed by atoms with Crippen LogP contribution >= 0.6 is 11.8 Å². The first-order chi connectivity index (χ1) is 7.15. The lowest BCUT2D eigenvalue weighted by atomic mass is 10.2. The normalized spacial score (nSPS) is 18.7. The van der Waals surface area contributed by atoms with Gasteiger partial charge in [0, 0.05) is 31.7 Å². The summed E-state index contributed by atoms with van der Waals surface area (Å²) >= 11 is 1.67. The van der Waals surface area contributed by atoms with E-state index in [1.165, 1.54) is 4.90 Å². The maximum Gasteiger partial charge on any atom is 0.229 e. The molecule has 0 aromatic carbocycles. The van der Waals surface area contributed by atoms with E-state index >= 15 is 0 Å². The second-order valence-electron chi connectivity index (χ2n) is 3.80. The molecule has 0 bridgehead atoms. The van der Waals surface area contributed by atoms with Crippen LogP contribution in [0.4, 0.5) is 0 Å². The van der Waals surface area contributed by atoms with Crippen molar-refractivity contribution < 1.29 is 14.7 Å². The maximum absolute atomic E-state index is 11.2. The van der Waals surface area contributed by atoms with E-state index in [9.17, 15) is 9.59 Å². The van der Waals surface area contributed by atoms with Crippen LogP contribution in [0, 0.1) is 5.92 Å². The zero-order valence-electron chi connectivity index (χ0n) is 8.94. The van der Waals surface area contributed by atoms with Crippen LogP contribution in [0.5, 0.6) is 0 Å². The molecule has 0 aliphatic carbocycles. The molecular weight excluding hydrogens is 214 g/mol. The fourth-order valence-electron chi connectivity index (χ4n) is 1.37. The average molecular weight is 231 g/mol. The molecule has 1 saturated heterocycles. The number of carbonyl (C=O) groups is 2. The second kappa shape index (κ2) is 6.12. The number of hydrogen-bond donors (Lipinski definition) is 1. The molecule has 4 nitrogen and oxygen atoms in total. The number of carbonyl (C=O) groups excluding carboxylic acids is 2. The van der Waals surface area contributed by atoms with Crippen molar-refractivity contribution in [2.75, 3.05) is 24.7 Å². The van der Waals surface area contributed by atoms with Gasteiger partial charge in [0.15, 0.2) is 0 Å². The summed E-state index contributed by atoms with van der Waals surface area (Å²) in [5, 5.41) is 8.80. The lowest BCUT2D eigenvalue weighted by molar-refractivity contribution is -0.137. The molecular formula is C10H17NO3S. The highest BCUT2D eigenvalue weighted by molar-refractivity contribution is 7.99. The molecule has 86 valence electrons. The van der Waals surface area contributed by atoms with Crippen molar-refractivity contribution >= 4 is 23.6 Å². The first-order valence-corrected chi connectivity index (χ1v) is 6.32. The Labute approximate surface area is 94.0 Å². The van der Waals surface area contributed by atoms with E-state index in [1.807, 2.05) is 6.92 Å². The number of likely N-dealkylation sites (tertiary alicyclic amines) is 1. The van der Waals surface area contributed by atoms with E-state index in [1.54, 1.807) is 11.8 Å². The largest absolute Gasteiger partial charge is 0.396 e. The van der Waals surface area contributed by atoms with E-state index in [4.69, 9.17) is 5.11 Å². The monoisotopic (exact) mass is 231 g/mol. The Morgan fingerprint density at radius 1 is 1.40 bits per heavy atom. The predicted molar refractivity (Wildman–Crippen MR) is 59.5 cm³/mol. The smallest absolute Gasteiger partial charge is 0.229 e. The summed E-state index contributed by atoms with van der Waals surface area (Å²) in [7, 11) is 0. The minimum atomic E-state index is -0.0455. The highest BCUT2D eigenvalue weighted by Crippen LogP contribution is 2.14. The molecule has 2 amide bonds. The van der Waals surface area contributed by atoms with E-state index in [0.29, 0.717) is 19.4 Å². The number of hydrogen-bond acceptors (Lipinski definition) is 4. The molecule has 1 N–H and O–H groups in total. The first-order valence-electron chi connectivity index (χ1n) is 5.17. The highest BCUT2D eigenvalue weighted by atomic mass is 32.2. The van der Waals surface area contributed by atoms with Crippen molar-refractivity contribution in [3.63, 3.8) is 0 Å². The molecule has 1 heterocycles. The van der Waals surface area contributed by atoms with Gasteiger partial charge in [-0.3, -0.25) is 14.5 Å². The SMILES string of the molecule is CC(CO)CSCCN1C(=O)CCC1=O. The van der Waals surface area contributed by atoms with Gasteiger partial charge >= 0.3 is 0 Å². The molecule has 1 aliphatic heterocycles. The molecule has 0 radical (unpaired) electrons. The third-order valence-corrected chi connectivity index (χ3v) is 3.60. The van der Waals surface area contributed by atoms with Gasteiger partial charge in [0.2, 0.25) is 11.8 Å². The minimum Gasteiger partial charge on any atom is -0.396 e. The molecule has 0 saturated carbocycles. The van der Waals surface area contributed by atoms with Gasteiger partial charge in [-0.05, 0) is 11.7 Å². The predicted octanol–water partition coefficient (Wildman–Crippen LogP) is 0.497. The topological polar surface area (TPSA) is 57.6 Å².